The summed E-state index contributed by atoms with van der Waals surface area (Å²) >= 11 is 3.23. The molecule has 0 atom stereocenters. The Kier molecular flexibility index (Phi) is 4.59. The van der Waals surface area contributed by atoms with E-state index >= 15 is 0 Å². The molecule has 2 rings (SSSR count). The molecule has 1 saturated carbocycles. The first kappa shape index (κ1) is 14.5. The number of amides is 1. The zero-order chi connectivity index (χ0) is 13.9. The molecular weight excluding hydrogens is 332 g/mol. The SMILES string of the molecule is O=C(NCCNS(=O)(=O)c1cccc(Br)c1)C1CC1. The van der Waals surface area contributed by atoms with Gasteiger partial charge in [0.1, 0.15) is 0 Å². The lowest BCUT2D eigenvalue weighted by molar-refractivity contribution is -0.122. The predicted octanol–water partition coefficient (Wildman–Crippen LogP) is 1.25. The molecule has 2 N–H and O–H groups in total. The minimum atomic E-state index is -3.52. The van der Waals surface area contributed by atoms with Gasteiger partial charge in [-0.1, -0.05) is 22.0 Å². The standard InChI is InChI=1S/C12H15BrN2O3S/c13-10-2-1-3-11(8-10)19(17,18)15-7-6-14-12(16)9-4-5-9/h1-3,8-9,15H,4-7H2,(H,14,16). The highest BCUT2D eigenvalue weighted by molar-refractivity contribution is 9.10. The van der Waals surface area contributed by atoms with Crippen LogP contribution in [0.3, 0.4) is 0 Å². The van der Waals surface area contributed by atoms with Crippen LogP contribution in [0.1, 0.15) is 12.8 Å². The van der Waals surface area contributed by atoms with Gasteiger partial charge in [-0.25, -0.2) is 13.1 Å². The molecule has 0 heterocycles. The molecule has 1 aliphatic rings. The molecule has 1 fully saturated rings. The first-order chi connectivity index (χ1) is 8.99. The summed E-state index contributed by atoms with van der Waals surface area (Å²) in [6.07, 6.45) is 1.88. The van der Waals surface area contributed by atoms with Crippen molar-refractivity contribution in [3.05, 3.63) is 28.7 Å². The van der Waals surface area contributed by atoms with E-state index in [1.807, 2.05) is 0 Å². The highest BCUT2D eigenvalue weighted by Crippen LogP contribution is 2.28. The van der Waals surface area contributed by atoms with Crippen molar-refractivity contribution in [2.75, 3.05) is 13.1 Å². The minimum Gasteiger partial charge on any atom is -0.355 e. The van der Waals surface area contributed by atoms with Crippen molar-refractivity contribution in [3.8, 4) is 0 Å². The molecule has 0 aliphatic heterocycles. The van der Waals surface area contributed by atoms with Gasteiger partial charge in [0.05, 0.1) is 4.90 Å². The van der Waals surface area contributed by atoms with E-state index in [0.29, 0.717) is 11.0 Å². The Labute approximate surface area is 121 Å². The summed E-state index contributed by atoms with van der Waals surface area (Å²) in [5, 5.41) is 2.70. The quantitative estimate of drug-likeness (QED) is 0.761. The minimum absolute atomic E-state index is 0.0154. The molecule has 0 unspecified atom stereocenters. The summed E-state index contributed by atoms with van der Waals surface area (Å²) in [6, 6.07) is 6.48. The summed E-state index contributed by atoms with van der Waals surface area (Å²) in [5.74, 6) is 0.156. The van der Waals surface area contributed by atoms with Crippen molar-refractivity contribution in [2.24, 2.45) is 5.92 Å². The maximum absolute atomic E-state index is 11.9. The molecule has 19 heavy (non-hydrogen) atoms. The van der Waals surface area contributed by atoms with Crippen LogP contribution in [0, 0.1) is 5.92 Å². The summed E-state index contributed by atoms with van der Waals surface area (Å²) in [5.41, 5.74) is 0. The van der Waals surface area contributed by atoms with Crippen molar-refractivity contribution in [2.45, 2.75) is 17.7 Å². The van der Waals surface area contributed by atoms with E-state index in [9.17, 15) is 13.2 Å². The normalized spacial score (nSPS) is 15.2. The number of nitrogens with one attached hydrogen (secondary N) is 2. The molecule has 0 radical (unpaired) electrons. The van der Waals surface area contributed by atoms with Crippen LogP contribution >= 0.6 is 15.9 Å². The number of benzene rings is 1. The Morgan fingerprint density at radius 2 is 2.05 bits per heavy atom. The van der Waals surface area contributed by atoms with Crippen molar-refractivity contribution in [1.82, 2.24) is 10.0 Å². The molecule has 7 heteroatoms. The molecule has 0 saturated heterocycles. The molecular formula is C12H15BrN2O3S. The maximum Gasteiger partial charge on any atom is 0.240 e. The van der Waals surface area contributed by atoms with Gasteiger partial charge in [-0.3, -0.25) is 4.79 Å². The zero-order valence-corrected chi connectivity index (χ0v) is 12.6. The second-order valence-electron chi connectivity index (χ2n) is 4.42. The molecule has 1 amide bonds. The van der Waals surface area contributed by atoms with E-state index in [1.165, 1.54) is 12.1 Å². The van der Waals surface area contributed by atoms with E-state index in [1.54, 1.807) is 12.1 Å². The number of rotatable bonds is 6. The fraction of sp³-hybridized carbons (Fsp3) is 0.417. The van der Waals surface area contributed by atoms with Crippen LogP contribution in [-0.4, -0.2) is 27.4 Å². The van der Waals surface area contributed by atoms with Gasteiger partial charge in [-0.05, 0) is 31.0 Å². The summed E-state index contributed by atoms with van der Waals surface area (Å²) in [6.45, 7) is 0.496. The van der Waals surface area contributed by atoms with Crippen molar-refractivity contribution in [1.29, 1.82) is 0 Å². The molecule has 0 bridgehead atoms. The lowest BCUT2D eigenvalue weighted by Crippen LogP contribution is -2.35. The van der Waals surface area contributed by atoms with Crippen molar-refractivity contribution in [3.63, 3.8) is 0 Å². The maximum atomic E-state index is 11.9. The van der Waals surface area contributed by atoms with E-state index in [0.717, 1.165) is 12.8 Å². The van der Waals surface area contributed by atoms with Crippen LogP contribution in [-0.2, 0) is 14.8 Å². The molecule has 104 valence electrons. The molecule has 0 spiro atoms. The van der Waals surface area contributed by atoms with Gasteiger partial charge in [0.2, 0.25) is 15.9 Å². The lowest BCUT2D eigenvalue weighted by Gasteiger charge is -2.08. The molecule has 1 aliphatic carbocycles. The first-order valence-electron chi connectivity index (χ1n) is 6.02. The van der Waals surface area contributed by atoms with Crippen LogP contribution in [0.4, 0.5) is 0 Å². The summed E-state index contributed by atoms with van der Waals surface area (Å²) < 4.78 is 27.0. The van der Waals surface area contributed by atoms with Crippen LogP contribution < -0.4 is 10.0 Å². The Hall–Kier alpha value is -0.920. The topological polar surface area (TPSA) is 75.3 Å². The lowest BCUT2D eigenvalue weighted by atomic mass is 10.4. The number of halogens is 1. The summed E-state index contributed by atoms with van der Waals surface area (Å²) in [7, 11) is -3.52. The Morgan fingerprint density at radius 3 is 2.68 bits per heavy atom. The van der Waals surface area contributed by atoms with Crippen molar-refractivity contribution < 1.29 is 13.2 Å². The first-order valence-corrected chi connectivity index (χ1v) is 8.29. The molecule has 0 aromatic heterocycles. The molecule has 5 nitrogen and oxygen atoms in total. The smallest absolute Gasteiger partial charge is 0.240 e. The fourth-order valence-corrected chi connectivity index (χ4v) is 3.21. The van der Waals surface area contributed by atoms with Crippen LogP contribution in [0.5, 0.6) is 0 Å². The Morgan fingerprint density at radius 1 is 1.32 bits per heavy atom. The van der Waals surface area contributed by atoms with E-state index in [2.05, 4.69) is 26.0 Å². The third kappa shape index (κ3) is 4.29. The number of hydrogen-bond acceptors (Lipinski definition) is 3. The number of carbonyl (C=O) groups is 1. The van der Waals surface area contributed by atoms with Gasteiger partial charge in [0.15, 0.2) is 0 Å². The highest BCUT2D eigenvalue weighted by Gasteiger charge is 2.29. The monoisotopic (exact) mass is 346 g/mol. The van der Waals surface area contributed by atoms with Gasteiger partial charge in [0.25, 0.3) is 0 Å². The number of hydrogen-bond donors (Lipinski definition) is 2. The number of sulfonamides is 1. The van der Waals surface area contributed by atoms with Crippen molar-refractivity contribution >= 4 is 31.9 Å². The van der Waals surface area contributed by atoms with Crippen LogP contribution in [0.25, 0.3) is 0 Å². The predicted molar refractivity (Wildman–Crippen MR) is 75.1 cm³/mol. The van der Waals surface area contributed by atoms with Gasteiger partial charge in [-0.2, -0.15) is 0 Å². The second-order valence-corrected chi connectivity index (χ2v) is 7.10. The largest absolute Gasteiger partial charge is 0.355 e. The van der Waals surface area contributed by atoms with E-state index < -0.39 is 10.0 Å². The zero-order valence-electron chi connectivity index (χ0n) is 10.2. The van der Waals surface area contributed by atoms with Gasteiger partial charge >= 0.3 is 0 Å². The Bertz CT molecular complexity index is 570. The second kappa shape index (κ2) is 6.02. The average molecular weight is 347 g/mol. The summed E-state index contributed by atoms with van der Waals surface area (Å²) in [4.78, 5) is 11.6. The third-order valence-electron chi connectivity index (χ3n) is 2.77. The third-order valence-corrected chi connectivity index (χ3v) is 4.72. The van der Waals surface area contributed by atoms with Gasteiger partial charge < -0.3 is 5.32 Å². The van der Waals surface area contributed by atoms with Crippen LogP contribution in [0.15, 0.2) is 33.6 Å². The number of carbonyl (C=O) groups excluding carboxylic acids is 1. The van der Waals surface area contributed by atoms with E-state index in [4.69, 9.17) is 0 Å². The van der Waals surface area contributed by atoms with Crippen LogP contribution in [0.2, 0.25) is 0 Å². The highest BCUT2D eigenvalue weighted by atomic mass is 79.9. The van der Waals surface area contributed by atoms with Gasteiger partial charge in [-0.15, -0.1) is 0 Å². The molecule has 1 aromatic carbocycles. The fourth-order valence-electron chi connectivity index (χ4n) is 1.58. The molecule has 1 aromatic rings. The van der Waals surface area contributed by atoms with Gasteiger partial charge in [0, 0.05) is 23.5 Å². The van der Waals surface area contributed by atoms with E-state index in [-0.39, 0.29) is 23.3 Å². The Balaban J connectivity index is 1.82. The average Bonchev–Trinajstić information content (AvgIpc) is 3.18.